The van der Waals surface area contributed by atoms with Crippen molar-refractivity contribution in [1.82, 2.24) is 10.0 Å². The first-order valence-electron chi connectivity index (χ1n) is 5.76. The summed E-state index contributed by atoms with van der Waals surface area (Å²) in [6.07, 6.45) is 2.95. The molecule has 0 bridgehead atoms. The lowest BCUT2D eigenvalue weighted by molar-refractivity contribution is -0.140. The number of carbonyl (C=O) groups is 1. The van der Waals surface area contributed by atoms with Crippen molar-refractivity contribution in [3.05, 3.63) is 23.8 Å². The molecule has 0 aliphatic carbocycles. The zero-order chi connectivity index (χ0) is 11.7. The fourth-order valence-electron chi connectivity index (χ4n) is 2.36. The van der Waals surface area contributed by atoms with Crippen molar-refractivity contribution in [3.8, 4) is 0 Å². The summed E-state index contributed by atoms with van der Waals surface area (Å²) < 4.78 is 0. The zero-order valence-electron chi connectivity index (χ0n) is 9.65. The summed E-state index contributed by atoms with van der Waals surface area (Å²) in [4.78, 5) is 12.1. The molecule has 88 valence electrons. The van der Waals surface area contributed by atoms with Crippen LogP contribution in [0.3, 0.4) is 0 Å². The molecular formula is C12H18N2O2. The molecule has 1 unspecified atom stereocenters. The predicted molar refractivity (Wildman–Crippen MR) is 61.4 cm³/mol. The van der Waals surface area contributed by atoms with Gasteiger partial charge in [0.15, 0.2) is 0 Å². The molecule has 0 aromatic carbocycles. The second-order valence-electron chi connectivity index (χ2n) is 4.28. The molecular weight excluding hydrogens is 204 g/mol. The Bertz CT molecular complexity index is 349. The monoisotopic (exact) mass is 222 g/mol. The number of rotatable bonds is 3. The summed E-state index contributed by atoms with van der Waals surface area (Å²) >= 11 is 0. The number of hydrogen-bond donors (Lipinski definition) is 1. The molecule has 0 aromatic heterocycles. The predicted octanol–water partition coefficient (Wildman–Crippen LogP) is 0.703. The van der Waals surface area contributed by atoms with Crippen LogP contribution in [0, 0.1) is 0 Å². The van der Waals surface area contributed by atoms with Gasteiger partial charge < -0.3 is 5.11 Å². The maximum absolute atomic E-state index is 12.1. The van der Waals surface area contributed by atoms with E-state index < -0.39 is 0 Å². The second-order valence-corrected chi connectivity index (χ2v) is 4.28. The maximum atomic E-state index is 12.1. The van der Waals surface area contributed by atoms with E-state index in [1.165, 1.54) is 0 Å². The Hall–Kier alpha value is -1.13. The van der Waals surface area contributed by atoms with Crippen LogP contribution >= 0.6 is 0 Å². The molecule has 2 aliphatic heterocycles. The normalized spacial score (nSPS) is 27.0. The Morgan fingerprint density at radius 3 is 2.81 bits per heavy atom. The first-order valence-corrected chi connectivity index (χ1v) is 5.76. The third-order valence-electron chi connectivity index (χ3n) is 3.28. The number of aliphatic hydroxyl groups is 1. The van der Waals surface area contributed by atoms with E-state index in [4.69, 9.17) is 0 Å². The standard InChI is InChI=1S/C12H18N2O2/c1-3-9-7-14(12(16)11(9)4-2)13-6-5-10(15)8-13/h3,10,15H,1,4-8H2,2H3. The van der Waals surface area contributed by atoms with E-state index in [9.17, 15) is 9.90 Å². The smallest absolute Gasteiger partial charge is 0.264 e. The molecule has 1 atom stereocenters. The third-order valence-corrected chi connectivity index (χ3v) is 3.28. The van der Waals surface area contributed by atoms with Gasteiger partial charge in [0, 0.05) is 18.7 Å². The Morgan fingerprint density at radius 1 is 1.62 bits per heavy atom. The van der Waals surface area contributed by atoms with E-state index in [0.717, 1.165) is 30.5 Å². The van der Waals surface area contributed by atoms with Crippen LogP contribution in [0.1, 0.15) is 19.8 Å². The second kappa shape index (κ2) is 4.39. The minimum atomic E-state index is -0.300. The van der Waals surface area contributed by atoms with Crippen molar-refractivity contribution < 1.29 is 9.90 Å². The fourth-order valence-corrected chi connectivity index (χ4v) is 2.36. The van der Waals surface area contributed by atoms with Crippen LogP contribution in [0.25, 0.3) is 0 Å². The highest BCUT2D eigenvalue weighted by molar-refractivity contribution is 5.97. The highest BCUT2D eigenvalue weighted by Crippen LogP contribution is 2.25. The highest BCUT2D eigenvalue weighted by atomic mass is 16.3. The summed E-state index contributed by atoms with van der Waals surface area (Å²) in [6, 6.07) is 0. The molecule has 0 aromatic rings. The van der Waals surface area contributed by atoms with E-state index in [1.807, 2.05) is 11.9 Å². The van der Waals surface area contributed by atoms with Gasteiger partial charge in [-0.1, -0.05) is 19.6 Å². The van der Waals surface area contributed by atoms with Gasteiger partial charge in [0.25, 0.3) is 5.91 Å². The van der Waals surface area contributed by atoms with Gasteiger partial charge in [-0.2, -0.15) is 0 Å². The van der Waals surface area contributed by atoms with Gasteiger partial charge in [-0.3, -0.25) is 9.80 Å². The molecule has 1 amide bonds. The molecule has 1 fully saturated rings. The Balaban J connectivity index is 2.12. The van der Waals surface area contributed by atoms with Crippen molar-refractivity contribution in [2.24, 2.45) is 0 Å². The molecule has 0 radical (unpaired) electrons. The third kappa shape index (κ3) is 1.79. The Kier molecular flexibility index (Phi) is 3.12. The van der Waals surface area contributed by atoms with E-state index in [2.05, 4.69) is 6.58 Å². The number of aliphatic hydroxyl groups excluding tert-OH is 1. The average Bonchev–Trinajstić information content (AvgIpc) is 2.82. The van der Waals surface area contributed by atoms with E-state index in [1.54, 1.807) is 11.1 Å². The highest BCUT2D eigenvalue weighted by Gasteiger charge is 2.34. The van der Waals surface area contributed by atoms with Crippen molar-refractivity contribution in [2.75, 3.05) is 19.6 Å². The molecule has 0 spiro atoms. The molecule has 0 saturated carbocycles. The number of hydrazine groups is 1. The van der Waals surface area contributed by atoms with Gasteiger partial charge in [0.1, 0.15) is 0 Å². The SMILES string of the molecule is C=CC1=C(CC)C(=O)N(N2CCC(O)C2)C1. The van der Waals surface area contributed by atoms with E-state index in [-0.39, 0.29) is 12.0 Å². The van der Waals surface area contributed by atoms with Crippen LogP contribution in [0.2, 0.25) is 0 Å². The molecule has 2 heterocycles. The molecule has 2 aliphatic rings. The summed E-state index contributed by atoms with van der Waals surface area (Å²) in [5, 5.41) is 13.2. The minimum Gasteiger partial charge on any atom is -0.392 e. The molecule has 1 N–H and O–H groups in total. The van der Waals surface area contributed by atoms with Gasteiger partial charge in [0.2, 0.25) is 0 Å². The molecule has 16 heavy (non-hydrogen) atoms. The van der Waals surface area contributed by atoms with Crippen molar-refractivity contribution in [1.29, 1.82) is 0 Å². The van der Waals surface area contributed by atoms with Crippen molar-refractivity contribution in [2.45, 2.75) is 25.9 Å². The van der Waals surface area contributed by atoms with Gasteiger partial charge in [-0.25, -0.2) is 5.01 Å². The Morgan fingerprint density at radius 2 is 2.38 bits per heavy atom. The summed E-state index contributed by atoms with van der Waals surface area (Å²) in [5.41, 5.74) is 1.88. The van der Waals surface area contributed by atoms with Gasteiger partial charge in [-0.15, -0.1) is 0 Å². The van der Waals surface area contributed by atoms with Crippen molar-refractivity contribution in [3.63, 3.8) is 0 Å². The van der Waals surface area contributed by atoms with Gasteiger partial charge in [-0.05, 0) is 18.4 Å². The van der Waals surface area contributed by atoms with Gasteiger partial charge in [0.05, 0.1) is 12.6 Å². The Labute approximate surface area is 95.8 Å². The molecule has 2 rings (SSSR count). The largest absolute Gasteiger partial charge is 0.392 e. The summed E-state index contributed by atoms with van der Waals surface area (Å²) in [5.74, 6) is 0.0755. The molecule has 1 saturated heterocycles. The fraction of sp³-hybridized carbons (Fsp3) is 0.583. The van der Waals surface area contributed by atoms with Gasteiger partial charge >= 0.3 is 0 Å². The number of carbonyl (C=O) groups excluding carboxylic acids is 1. The van der Waals surface area contributed by atoms with Crippen LogP contribution in [0.5, 0.6) is 0 Å². The molecule has 4 nitrogen and oxygen atoms in total. The zero-order valence-corrected chi connectivity index (χ0v) is 9.65. The average molecular weight is 222 g/mol. The van der Waals surface area contributed by atoms with Crippen LogP contribution in [0.15, 0.2) is 23.8 Å². The lowest BCUT2D eigenvalue weighted by Crippen LogP contribution is -2.43. The van der Waals surface area contributed by atoms with Crippen LogP contribution in [0.4, 0.5) is 0 Å². The van der Waals surface area contributed by atoms with Crippen molar-refractivity contribution >= 4 is 5.91 Å². The molecule has 4 heteroatoms. The quantitative estimate of drug-likeness (QED) is 0.764. The van der Waals surface area contributed by atoms with Crippen LogP contribution < -0.4 is 0 Å². The van der Waals surface area contributed by atoms with E-state index in [0.29, 0.717) is 13.1 Å². The maximum Gasteiger partial charge on any atom is 0.264 e. The number of amides is 1. The van der Waals surface area contributed by atoms with Crippen LogP contribution in [-0.2, 0) is 4.79 Å². The number of hydrogen-bond acceptors (Lipinski definition) is 3. The first kappa shape index (κ1) is 11.4. The lowest BCUT2D eigenvalue weighted by Gasteiger charge is -2.27. The minimum absolute atomic E-state index is 0.0755. The summed E-state index contributed by atoms with van der Waals surface area (Å²) in [6.45, 7) is 7.66. The number of nitrogens with zero attached hydrogens (tertiary/aromatic N) is 2. The van der Waals surface area contributed by atoms with E-state index >= 15 is 0 Å². The van der Waals surface area contributed by atoms with Crippen LogP contribution in [-0.4, -0.2) is 46.8 Å². The lowest BCUT2D eigenvalue weighted by atomic mass is 10.1. The summed E-state index contributed by atoms with van der Waals surface area (Å²) in [7, 11) is 0. The first-order chi connectivity index (χ1) is 7.67. The topological polar surface area (TPSA) is 43.8 Å². The number of β-amino-alcohol motifs (C(OH)–C–C–N with tert-alkyl or cyclic N) is 1.